The van der Waals surface area contributed by atoms with Crippen molar-refractivity contribution in [3.05, 3.63) is 35.9 Å². The summed E-state index contributed by atoms with van der Waals surface area (Å²) in [7, 11) is -3.14. The van der Waals surface area contributed by atoms with Gasteiger partial charge in [-0.15, -0.1) is 0 Å². The summed E-state index contributed by atoms with van der Waals surface area (Å²) in [5, 5.41) is 12.9. The Morgan fingerprint density at radius 3 is 2.59 bits per heavy atom. The standard InChI is InChI=1S/C20H28N4O2S/c1-2-27(25,26)24-14-20(15-24,8-9-21)23-12-16(13-23)11-22-19-10-18(19)17-6-4-3-5-7-17/h3-7,16,18-19,22H,2,8,10-15H2,1H3. The minimum absolute atomic E-state index is 0.131. The SMILES string of the molecule is CCS(=O)(=O)N1CC(CC#N)(N2CC(CNC3CC3c3ccccc3)C2)C1. The summed E-state index contributed by atoms with van der Waals surface area (Å²) >= 11 is 0. The molecule has 0 radical (unpaired) electrons. The van der Waals surface area contributed by atoms with Gasteiger partial charge in [-0.05, 0) is 24.8 Å². The Labute approximate surface area is 162 Å². The molecule has 7 heteroatoms. The van der Waals surface area contributed by atoms with Gasteiger partial charge in [0.25, 0.3) is 0 Å². The first kappa shape index (κ1) is 18.9. The fourth-order valence-electron chi connectivity index (χ4n) is 4.45. The summed E-state index contributed by atoms with van der Waals surface area (Å²) in [6, 6.07) is 13.5. The molecule has 2 atom stereocenters. The summed E-state index contributed by atoms with van der Waals surface area (Å²) in [6.07, 6.45) is 1.62. The molecular formula is C20H28N4O2S. The Morgan fingerprint density at radius 1 is 1.26 bits per heavy atom. The largest absolute Gasteiger partial charge is 0.313 e. The van der Waals surface area contributed by atoms with Gasteiger partial charge in [0.1, 0.15) is 0 Å². The van der Waals surface area contributed by atoms with Gasteiger partial charge < -0.3 is 5.32 Å². The second-order valence-electron chi connectivity index (χ2n) is 8.27. The number of rotatable bonds is 8. The molecule has 2 saturated heterocycles. The van der Waals surface area contributed by atoms with E-state index in [-0.39, 0.29) is 11.3 Å². The van der Waals surface area contributed by atoms with Crippen molar-refractivity contribution >= 4 is 10.0 Å². The Kier molecular flexibility index (Phi) is 5.02. The van der Waals surface area contributed by atoms with E-state index in [1.54, 1.807) is 6.92 Å². The third kappa shape index (κ3) is 3.64. The highest BCUT2D eigenvalue weighted by Gasteiger charge is 2.54. The first-order chi connectivity index (χ1) is 13.0. The molecule has 2 unspecified atom stereocenters. The lowest BCUT2D eigenvalue weighted by Crippen LogP contribution is -2.75. The quantitative estimate of drug-likeness (QED) is 0.728. The van der Waals surface area contributed by atoms with Crippen LogP contribution < -0.4 is 5.32 Å². The lowest BCUT2D eigenvalue weighted by molar-refractivity contribution is -0.0751. The van der Waals surface area contributed by atoms with Crippen LogP contribution in [0.25, 0.3) is 0 Å². The van der Waals surface area contributed by atoms with Crippen LogP contribution in [0, 0.1) is 17.2 Å². The van der Waals surface area contributed by atoms with Gasteiger partial charge in [-0.3, -0.25) is 4.90 Å². The van der Waals surface area contributed by atoms with Crippen molar-refractivity contribution in [3.8, 4) is 6.07 Å². The van der Waals surface area contributed by atoms with Gasteiger partial charge in [0.15, 0.2) is 0 Å². The van der Waals surface area contributed by atoms with Crippen molar-refractivity contribution in [2.75, 3.05) is 38.5 Å². The molecule has 2 heterocycles. The average molecular weight is 389 g/mol. The highest BCUT2D eigenvalue weighted by Crippen LogP contribution is 2.41. The summed E-state index contributed by atoms with van der Waals surface area (Å²) in [5.74, 6) is 1.37. The summed E-state index contributed by atoms with van der Waals surface area (Å²) in [4.78, 5) is 2.33. The van der Waals surface area contributed by atoms with E-state index < -0.39 is 10.0 Å². The lowest BCUT2D eigenvalue weighted by Gasteiger charge is -2.59. The normalized spacial score (nSPS) is 28.1. The van der Waals surface area contributed by atoms with Gasteiger partial charge in [-0.1, -0.05) is 30.3 Å². The molecule has 4 rings (SSSR count). The number of likely N-dealkylation sites (tertiary alicyclic amines) is 1. The molecule has 0 spiro atoms. The fraction of sp³-hybridized carbons (Fsp3) is 0.650. The Morgan fingerprint density at radius 2 is 1.96 bits per heavy atom. The minimum Gasteiger partial charge on any atom is -0.313 e. The van der Waals surface area contributed by atoms with Gasteiger partial charge >= 0.3 is 0 Å². The van der Waals surface area contributed by atoms with E-state index in [2.05, 4.69) is 46.6 Å². The van der Waals surface area contributed by atoms with E-state index in [1.807, 2.05) is 0 Å². The second-order valence-corrected chi connectivity index (χ2v) is 10.5. The maximum atomic E-state index is 12.0. The van der Waals surface area contributed by atoms with Crippen molar-refractivity contribution in [1.82, 2.24) is 14.5 Å². The molecule has 0 bridgehead atoms. The first-order valence-electron chi connectivity index (χ1n) is 9.85. The van der Waals surface area contributed by atoms with Gasteiger partial charge in [0.05, 0.1) is 23.8 Å². The predicted octanol–water partition coefficient (Wildman–Crippen LogP) is 1.38. The Bertz CT molecular complexity index is 808. The maximum Gasteiger partial charge on any atom is 0.213 e. The van der Waals surface area contributed by atoms with Crippen LogP contribution in [0.15, 0.2) is 30.3 Å². The van der Waals surface area contributed by atoms with Crippen LogP contribution in [0.1, 0.15) is 31.2 Å². The molecule has 0 aromatic heterocycles. The van der Waals surface area contributed by atoms with Crippen LogP contribution in [0.5, 0.6) is 0 Å². The topological polar surface area (TPSA) is 76.4 Å². The molecule has 3 fully saturated rings. The maximum absolute atomic E-state index is 12.0. The van der Waals surface area contributed by atoms with E-state index in [0.29, 0.717) is 37.4 Å². The molecule has 3 aliphatic rings. The smallest absolute Gasteiger partial charge is 0.213 e. The lowest BCUT2D eigenvalue weighted by atomic mass is 9.81. The monoisotopic (exact) mass is 388 g/mol. The van der Waals surface area contributed by atoms with Gasteiger partial charge in [-0.2, -0.15) is 9.57 Å². The molecule has 146 valence electrons. The number of sulfonamides is 1. The van der Waals surface area contributed by atoms with E-state index in [4.69, 9.17) is 0 Å². The molecule has 1 saturated carbocycles. The van der Waals surface area contributed by atoms with E-state index >= 15 is 0 Å². The van der Waals surface area contributed by atoms with Crippen molar-refractivity contribution in [3.63, 3.8) is 0 Å². The second kappa shape index (κ2) is 7.17. The van der Waals surface area contributed by atoms with E-state index in [0.717, 1.165) is 19.6 Å². The molecule has 1 N–H and O–H groups in total. The summed E-state index contributed by atoms with van der Waals surface area (Å²) < 4.78 is 25.6. The molecule has 6 nitrogen and oxygen atoms in total. The summed E-state index contributed by atoms with van der Waals surface area (Å²) in [5.41, 5.74) is 1.16. The molecular weight excluding hydrogens is 360 g/mol. The van der Waals surface area contributed by atoms with Crippen molar-refractivity contribution in [2.24, 2.45) is 5.92 Å². The number of nitriles is 1. The highest BCUT2D eigenvalue weighted by molar-refractivity contribution is 7.89. The van der Waals surface area contributed by atoms with Crippen LogP contribution in [0.4, 0.5) is 0 Å². The fourth-order valence-corrected chi connectivity index (χ4v) is 5.69. The first-order valence-corrected chi connectivity index (χ1v) is 11.5. The zero-order valence-electron chi connectivity index (χ0n) is 15.8. The third-order valence-corrected chi connectivity index (χ3v) is 8.20. The molecule has 1 aromatic rings. The van der Waals surface area contributed by atoms with Gasteiger partial charge in [0.2, 0.25) is 10.0 Å². The van der Waals surface area contributed by atoms with Crippen molar-refractivity contribution < 1.29 is 8.42 Å². The average Bonchev–Trinajstić information content (AvgIpc) is 3.37. The van der Waals surface area contributed by atoms with E-state index in [9.17, 15) is 13.7 Å². The van der Waals surface area contributed by atoms with Crippen molar-refractivity contribution in [1.29, 1.82) is 5.26 Å². The van der Waals surface area contributed by atoms with Gasteiger partial charge in [0, 0.05) is 44.7 Å². The van der Waals surface area contributed by atoms with Crippen LogP contribution in [-0.4, -0.2) is 67.7 Å². The number of hydrogen-bond donors (Lipinski definition) is 1. The zero-order chi connectivity index (χ0) is 19.1. The van der Waals surface area contributed by atoms with Crippen LogP contribution in [-0.2, 0) is 10.0 Å². The van der Waals surface area contributed by atoms with Crippen LogP contribution in [0.3, 0.4) is 0 Å². The predicted molar refractivity (Wildman–Crippen MR) is 105 cm³/mol. The molecule has 0 amide bonds. The van der Waals surface area contributed by atoms with E-state index in [1.165, 1.54) is 16.3 Å². The Hall–Kier alpha value is -1.46. The van der Waals surface area contributed by atoms with Crippen LogP contribution >= 0.6 is 0 Å². The summed E-state index contributed by atoms with van der Waals surface area (Å²) in [6.45, 7) is 5.52. The van der Waals surface area contributed by atoms with Gasteiger partial charge in [-0.25, -0.2) is 8.42 Å². The number of hydrogen-bond acceptors (Lipinski definition) is 5. The zero-order valence-corrected chi connectivity index (χ0v) is 16.7. The molecule has 1 aliphatic carbocycles. The highest BCUT2D eigenvalue weighted by atomic mass is 32.2. The van der Waals surface area contributed by atoms with Crippen molar-refractivity contribution in [2.45, 2.75) is 37.3 Å². The molecule has 27 heavy (non-hydrogen) atoms. The number of nitrogens with zero attached hydrogens (tertiary/aromatic N) is 3. The molecule has 2 aliphatic heterocycles. The Balaban J connectivity index is 1.23. The van der Waals surface area contributed by atoms with Crippen LogP contribution in [0.2, 0.25) is 0 Å². The number of benzene rings is 1. The molecule has 1 aromatic carbocycles. The number of nitrogens with one attached hydrogen (secondary N) is 1. The minimum atomic E-state index is -3.14. The third-order valence-electron chi connectivity index (χ3n) is 6.42.